The maximum atomic E-state index is 10.7. The highest BCUT2D eigenvalue weighted by molar-refractivity contribution is 5.66. The lowest BCUT2D eigenvalue weighted by molar-refractivity contribution is -0.178. The first-order valence-electron chi connectivity index (χ1n) is 5.42. The molecule has 1 saturated heterocycles. The smallest absolute Gasteiger partial charge is 0.381 e. The normalized spacial score (nSPS) is 24.0. The van der Waals surface area contributed by atoms with E-state index in [1.54, 1.807) is 0 Å². The second-order valence-electron chi connectivity index (χ2n) is 4.10. The van der Waals surface area contributed by atoms with Gasteiger partial charge in [0.25, 0.3) is 0 Å². The molecule has 5 nitrogen and oxygen atoms in total. The Morgan fingerprint density at radius 2 is 2.47 bits per heavy atom. The molecule has 0 aromatic heterocycles. The van der Waals surface area contributed by atoms with Crippen LogP contribution in [0.1, 0.15) is 32.6 Å². The molecule has 1 amide bonds. The van der Waals surface area contributed by atoms with Crippen LogP contribution < -0.4 is 5.32 Å². The fourth-order valence-corrected chi connectivity index (χ4v) is 1.94. The summed E-state index contributed by atoms with van der Waals surface area (Å²) in [6, 6.07) is -0.00338. The Labute approximate surface area is 89.7 Å². The highest BCUT2D eigenvalue weighted by Crippen LogP contribution is 2.18. The SMILES string of the molecule is CC(C[C@H]1CCCCOC1)NC(=O)OO. The van der Waals surface area contributed by atoms with Crippen molar-refractivity contribution >= 4 is 6.09 Å². The van der Waals surface area contributed by atoms with E-state index in [-0.39, 0.29) is 6.04 Å². The first-order valence-corrected chi connectivity index (χ1v) is 5.42. The molecule has 2 N–H and O–H groups in total. The zero-order valence-corrected chi connectivity index (χ0v) is 9.07. The minimum atomic E-state index is -0.794. The van der Waals surface area contributed by atoms with Gasteiger partial charge in [-0.1, -0.05) is 6.42 Å². The predicted molar refractivity (Wildman–Crippen MR) is 54.5 cm³/mol. The van der Waals surface area contributed by atoms with Crippen LogP contribution in [0, 0.1) is 5.92 Å². The van der Waals surface area contributed by atoms with Crippen LogP contribution in [0.25, 0.3) is 0 Å². The Hall–Kier alpha value is -0.810. The minimum absolute atomic E-state index is 0.00338. The third-order valence-electron chi connectivity index (χ3n) is 2.64. The Balaban J connectivity index is 2.23. The third kappa shape index (κ3) is 4.99. The zero-order chi connectivity index (χ0) is 11.1. The second-order valence-corrected chi connectivity index (χ2v) is 4.10. The first-order chi connectivity index (χ1) is 7.22. The van der Waals surface area contributed by atoms with E-state index in [1.165, 1.54) is 6.42 Å². The standard InChI is InChI=1S/C10H19NO4/c1-8(11-10(12)15-13)6-9-4-2-3-5-14-7-9/h8-9,13H,2-7H2,1H3,(H,11,12)/t8?,9-/m1/s1. The monoisotopic (exact) mass is 217 g/mol. The molecule has 0 aromatic carbocycles. The maximum absolute atomic E-state index is 10.7. The van der Waals surface area contributed by atoms with E-state index in [0.29, 0.717) is 5.92 Å². The van der Waals surface area contributed by atoms with Crippen molar-refractivity contribution in [2.45, 2.75) is 38.6 Å². The number of nitrogens with one attached hydrogen (secondary N) is 1. The molecule has 1 rings (SSSR count). The van der Waals surface area contributed by atoms with Gasteiger partial charge in [0.15, 0.2) is 0 Å². The summed E-state index contributed by atoms with van der Waals surface area (Å²) in [4.78, 5) is 14.3. The number of hydrogen-bond donors (Lipinski definition) is 2. The molecule has 1 heterocycles. The lowest BCUT2D eigenvalue weighted by Crippen LogP contribution is -2.34. The summed E-state index contributed by atoms with van der Waals surface area (Å²) in [7, 11) is 0. The van der Waals surface area contributed by atoms with Gasteiger partial charge in [-0.05, 0) is 32.1 Å². The molecule has 5 heteroatoms. The van der Waals surface area contributed by atoms with E-state index in [9.17, 15) is 4.79 Å². The molecule has 0 radical (unpaired) electrons. The van der Waals surface area contributed by atoms with Crippen molar-refractivity contribution in [3.63, 3.8) is 0 Å². The summed E-state index contributed by atoms with van der Waals surface area (Å²) in [5.74, 6) is 0.487. The van der Waals surface area contributed by atoms with Crippen molar-refractivity contribution in [1.29, 1.82) is 0 Å². The van der Waals surface area contributed by atoms with E-state index in [2.05, 4.69) is 10.2 Å². The summed E-state index contributed by atoms with van der Waals surface area (Å²) >= 11 is 0. The van der Waals surface area contributed by atoms with E-state index in [0.717, 1.165) is 32.5 Å². The van der Waals surface area contributed by atoms with Crippen LogP contribution in [0.4, 0.5) is 4.79 Å². The maximum Gasteiger partial charge on any atom is 0.438 e. The Morgan fingerprint density at radius 3 is 3.20 bits per heavy atom. The van der Waals surface area contributed by atoms with Crippen molar-refractivity contribution in [2.75, 3.05) is 13.2 Å². The average Bonchev–Trinajstić information content (AvgIpc) is 2.46. The quantitative estimate of drug-likeness (QED) is 0.558. The van der Waals surface area contributed by atoms with Gasteiger partial charge < -0.3 is 10.1 Å². The first kappa shape index (κ1) is 12.3. The largest absolute Gasteiger partial charge is 0.438 e. The van der Waals surface area contributed by atoms with Gasteiger partial charge >= 0.3 is 6.09 Å². The number of hydrogen-bond acceptors (Lipinski definition) is 4. The lowest BCUT2D eigenvalue weighted by atomic mass is 9.96. The number of ether oxygens (including phenoxy) is 1. The van der Waals surface area contributed by atoms with Gasteiger partial charge in [0.05, 0.1) is 0 Å². The van der Waals surface area contributed by atoms with Crippen molar-refractivity contribution in [2.24, 2.45) is 5.92 Å². The Bertz CT molecular complexity index is 190. The summed E-state index contributed by atoms with van der Waals surface area (Å²) in [6.07, 6.45) is 3.51. The number of carbonyl (C=O) groups is 1. The van der Waals surface area contributed by atoms with Gasteiger partial charge in [0.2, 0.25) is 0 Å². The zero-order valence-electron chi connectivity index (χ0n) is 9.07. The van der Waals surface area contributed by atoms with Crippen LogP contribution in [0.15, 0.2) is 0 Å². The van der Waals surface area contributed by atoms with E-state index in [1.807, 2.05) is 6.92 Å². The van der Waals surface area contributed by atoms with Crippen molar-refractivity contribution < 1.29 is 19.7 Å². The molecule has 0 aromatic rings. The summed E-state index contributed by atoms with van der Waals surface area (Å²) in [5, 5.41) is 10.6. The van der Waals surface area contributed by atoms with Gasteiger partial charge in [-0.25, -0.2) is 4.79 Å². The van der Waals surface area contributed by atoms with Gasteiger partial charge in [-0.2, -0.15) is 5.26 Å². The van der Waals surface area contributed by atoms with Crippen LogP contribution in [0.2, 0.25) is 0 Å². The number of amides is 1. The molecular formula is C10H19NO4. The highest BCUT2D eigenvalue weighted by atomic mass is 17.1. The van der Waals surface area contributed by atoms with E-state index in [4.69, 9.17) is 9.99 Å². The third-order valence-corrected chi connectivity index (χ3v) is 2.64. The number of rotatable bonds is 3. The van der Waals surface area contributed by atoms with Crippen molar-refractivity contribution in [1.82, 2.24) is 5.32 Å². The van der Waals surface area contributed by atoms with E-state index < -0.39 is 6.09 Å². The van der Waals surface area contributed by atoms with Crippen LogP contribution in [-0.2, 0) is 9.62 Å². The molecule has 0 bridgehead atoms. The molecule has 15 heavy (non-hydrogen) atoms. The average molecular weight is 217 g/mol. The fraction of sp³-hybridized carbons (Fsp3) is 0.900. The fourth-order valence-electron chi connectivity index (χ4n) is 1.94. The highest BCUT2D eigenvalue weighted by Gasteiger charge is 2.17. The lowest BCUT2D eigenvalue weighted by Gasteiger charge is -2.18. The van der Waals surface area contributed by atoms with Crippen LogP contribution >= 0.6 is 0 Å². The van der Waals surface area contributed by atoms with Gasteiger partial charge in [-0.3, -0.25) is 4.89 Å². The number of carbonyl (C=O) groups excluding carboxylic acids is 1. The Morgan fingerprint density at radius 1 is 1.67 bits per heavy atom. The summed E-state index contributed by atoms with van der Waals surface area (Å²) < 4.78 is 5.45. The van der Waals surface area contributed by atoms with Gasteiger partial charge in [-0.15, -0.1) is 0 Å². The molecule has 0 saturated carbocycles. The molecule has 1 fully saturated rings. The van der Waals surface area contributed by atoms with Gasteiger partial charge in [0.1, 0.15) is 0 Å². The molecule has 0 aliphatic carbocycles. The predicted octanol–water partition coefficient (Wildman–Crippen LogP) is 1.78. The molecular weight excluding hydrogens is 198 g/mol. The molecule has 2 atom stereocenters. The van der Waals surface area contributed by atoms with Crippen LogP contribution in [0.3, 0.4) is 0 Å². The van der Waals surface area contributed by atoms with E-state index >= 15 is 0 Å². The molecule has 1 aliphatic heterocycles. The van der Waals surface area contributed by atoms with Crippen LogP contribution in [-0.4, -0.2) is 30.6 Å². The summed E-state index contributed by atoms with van der Waals surface area (Å²) in [5.41, 5.74) is 0. The van der Waals surface area contributed by atoms with Crippen molar-refractivity contribution in [3.8, 4) is 0 Å². The molecule has 0 spiro atoms. The van der Waals surface area contributed by atoms with Crippen molar-refractivity contribution in [3.05, 3.63) is 0 Å². The van der Waals surface area contributed by atoms with Crippen LogP contribution in [0.5, 0.6) is 0 Å². The topological polar surface area (TPSA) is 67.8 Å². The van der Waals surface area contributed by atoms with Gasteiger partial charge in [0, 0.05) is 19.3 Å². The minimum Gasteiger partial charge on any atom is -0.381 e. The summed E-state index contributed by atoms with van der Waals surface area (Å²) in [6.45, 7) is 3.50. The molecule has 88 valence electrons. The molecule has 1 aliphatic rings. The molecule has 1 unspecified atom stereocenters. The Kier molecular flexibility index (Phi) is 5.42. The second kappa shape index (κ2) is 6.63.